The predicted molar refractivity (Wildman–Crippen MR) is 103 cm³/mol. The van der Waals surface area contributed by atoms with Crippen LogP contribution in [-0.2, 0) is 22.6 Å². The molecule has 0 bridgehead atoms. The van der Waals surface area contributed by atoms with Crippen molar-refractivity contribution >= 4 is 11.8 Å². The average Bonchev–Trinajstić information content (AvgIpc) is 3.30. The van der Waals surface area contributed by atoms with E-state index in [9.17, 15) is 9.59 Å². The molecule has 2 aliphatic rings. The van der Waals surface area contributed by atoms with Crippen LogP contribution in [0, 0.1) is 0 Å². The summed E-state index contributed by atoms with van der Waals surface area (Å²) < 4.78 is 10.9. The van der Waals surface area contributed by atoms with Crippen LogP contribution >= 0.6 is 0 Å². The fourth-order valence-corrected chi connectivity index (χ4v) is 3.66. The lowest BCUT2D eigenvalue weighted by Gasteiger charge is -2.25. The van der Waals surface area contributed by atoms with Crippen LogP contribution in [0.5, 0.6) is 0 Å². The van der Waals surface area contributed by atoms with E-state index in [1.54, 1.807) is 11.0 Å². The van der Waals surface area contributed by atoms with Crippen LogP contribution in [-0.4, -0.2) is 60.5 Å². The summed E-state index contributed by atoms with van der Waals surface area (Å²) in [5.41, 5.74) is 1.59. The van der Waals surface area contributed by atoms with Crippen LogP contribution < -0.4 is 5.32 Å². The number of hydrogen-bond acceptors (Lipinski definition) is 5. The van der Waals surface area contributed by atoms with Crippen molar-refractivity contribution in [2.45, 2.75) is 25.6 Å². The molecule has 1 atom stereocenters. The first-order valence-electron chi connectivity index (χ1n) is 9.67. The molecule has 7 nitrogen and oxygen atoms in total. The molecular formula is C21H25N3O4. The van der Waals surface area contributed by atoms with Gasteiger partial charge in [0.1, 0.15) is 12.0 Å². The molecule has 1 N–H and O–H groups in total. The van der Waals surface area contributed by atoms with Gasteiger partial charge in [-0.15, -0.1) is 0 Å². The fraction of sp³-hybridized carbons (Fsp3) is 0.429. The number of nitrogens with one attached hydrogen (secondary N) is 1. The minimum atomic E-state index is -0.198. The van der Waals surface area contributed by atoms with E-state index in [-0.39, 0.29) is 17.9 Å². The Bertz CT molecular complexity index is 814. The predicted octanol–water partition coefficient (Wildman–Crippen LogP) is 1.64. The molecule has 0 aliphatic carbocycles. The van der Waals surface area contributed by atoms with Gasteiger partial charge in [-0.1, -0.05) is 30.3 Å². The molecule has 7 heteroatoms. The quantitative estimate of drug-likeness (QED) is 0.821. The van der Waals surface area contributed by atoms with Gasteiger partial charge < -0.3 is 19.4 Å². The van der Waals surface area contributed by atoms with Gasteiger partial charge in [-0.25, -0.2) is 0 Å². The molecule has 0 unspecified atom stereocenters. The molecule has 0 spiro atoms. The molecule has 148 valence electrons. The number of amides is 2. The number of morpholine rings is 1. The van der Waals surface area contributed by atoms with Crippen LogP contribution in [0.25, 0.3) is 0 Å². The van der Waals surface area contributed by atoms with E-state index in [1.165, 1.54) is 6.26 Å². The Morgan fingerprint density at radius 3 is 2.71 bits per heavy atom. The molecule has 2 saturated heterocycles. The Morgan fingerprint density at radius 1 is 1.14 bits per heavy atom. The van der Waals surface area contributed by atoms with Crippen molar-refractivity contribution in [1.82, 2.24) is 15.1 Å². The van der Waals surface area contributed by atoms with Gasteiger partial charge in [0.25, 0.3) is 5.91 Å². The van der Waals surface area contributed by atoms with E-state index < -0.39 is 0 Å². The Morgan fingerprint density at radius 2 is 1.93 bits per heavy atom. The first-order chi connectivity index (χ1) is 13.7. The van der Waals surface area contributed by atoms with E-state index >= 15 is 0 Å². The van der Waals surface area contributed by atoms with Gasteiger partial charge in [-0.05, 0) is 11.6 Å². The summed E-state index contributed by atoms with van der Waals surface area (Å²) in [5, 5.41) is 2.96. The highest BCUT2D eigenvalue weighted by Crippen LogP contribution is 2.17. The van der Waals surface area contributed by atoms with Crippen LogP contribution in [0.1, 0.15) is 28.1 Å². The summed E-state index contributed by atoms with van der Waals surface area (Å²) in [6.45, 7) is 4.95. The maximum Gasteiger partial charge on any atom is 0.254 e. The largest absolute Gasteiger partial charge is 0.467 e. The summed E-state index contributed by atoms with van der Waals surface area (Å²) in [5.74, 6) is 0.631. The second-order valence-corrected chi connectivity index (χ2v) is 7.32. The third kappa shape index (κ3) is 4.61. The van der Waals surface area contributed by atoms with Gasteiger partial charge in [0.15, 0.2) is 0 Å². The van der Waals surface area contributed by atoms with Gasteiger partial charge in [0.2, 0.25) is 5.91 Å². The highest BCUT2D eigenvalue weighted by atomic mass is 16.5. The molecule has 0 saturated carbocycles. The number of hydrogen-bond donors (Lipinski definition) is 1. The molecular weight excluding hydrogens is 358 g/mol. The van der Waals surface area contributed by atoms with Crippen LogP contribution in [0.3, 0.4) is 0 Å². The Balaban J connectivity index is 1.29. The number of carbonyl (C=O) groups excluding carboxylic acids is 2. The minimum absolute atomic E-state index is 0.0642. The SMILES string of the molecule is O=C(N[C@H]1CC(=O)N(Cc2ccccc2)C1)c1coc(CN2CCOCC2)c1. The highest BCUT2D eigenvalue weighted by molar-refractivity contribution is 5.94. The normalized spacial score (nSPS) is 20.5. The molecule has 3 heterocycles. The summed E-state index contributed by atoms with van der Waals surface area (Å²) in [6.07, 6.45) is 1.82. The number of rotatable bonds is 6. The molecule has 0 radical (unpaired) electrons. The Hall–Kier alpha value is -2.64. The summed E-state index contributed by atoms with van der Waals surface area (Å²) in [7, 11) is 0. The molecule has 1 aromatic carbocycles. The Labute approximate surface area is 164 Å². The third-order valence-corrected chi connectivity index (χ3v) is 5.17. The zero-order chi connectivity index (χ0) is 19.3. The molecule has 1 aromatic heterocycles. The maximum atomic E-state index is 12.5. The Kier molecular flexibility index (Phi) is 5.73. The van der Waals surface area contributed by atoms with Crippen molar-refractivity contribution in [2.24, 2.45) is 0 Å². The van der Waals surface area contributed by atoms with Crippen molar-refractivity contribution in [3.63, 3.8) is 0 Å². The van der Waals surface area contributed by atoms with Gasteiger partial charge in [0.05, 0.1) is 31.4 Å². The number of ether oxygens (including phenoxy) is 1. The van der Waals surface area contributed by atoms with Gasteiger partial charge in [-0.3, -0.25) is 14.5 Å². The molecule has 2 fully saturated rings. The first kappa shape index (κ1) is 18.7. The van der Waals surface area contributed by atoms with Crippen LogP contribution in [0.15, 0.2) is 47.1 Å². The lowest BCUT2D eigenvalue weighted by atomic mass is 10.2. The first-order valence-corrected chi connectivity index (χ1v) is 9.67. The highest BCUT2D eigenvalue weighted by Gasteiger charge is 2.31. The molecule has 2 aromatic rings. The van der Waals surface area contributed by atoms with Gasteiger partial charge >= 0.3 is 0 Å². The van der Waals surface area contributed by atoms with Gasteiger partial charge in [-0.2, -0.15) is 0 Å². The van der Waals surface area contributed by atoms with E-state index in [0.717, 1.165) is 37.6 Å². The number of furan rings is 1. The van der Waals surface area contributed by atoms with E-state index in [2.05, 4.69) is 10.2 Å². The van der Waals surface area contributed by atoms with Crippen LogP contribution in [0.4, 0.5) is 0 Å². The maximum absolute atomic E-state index is 12.5. The smallest absolute Gasteiger partial charge is 0.254 e. The topological polar surface area (TPSA) is 75.0 Å². The zero-order valence-corrected chi connectivity index (χ0v) is 15.8. The zero-order valence-electron chi connectivity index (χ0n) is 15.8. The van der Waals surface area contributed by atoms with Crippen molar-refractivity contribution in [2.75, 3.05) is 32.8 Å². The van der Waals surface area contributed by atoms with Crippen molar-refractivity contribution in [1.29, 1.82) is 0 Å². The standard InChI is InChI=1S/C21H25N3O4/c25-20-11-18(13-24(20)12-16-4-2-1-3-5-16)22-21(26)17-10-19(28-15-17)14-23-6-8-27-9-7-23/h1-5,10,15,18H,6-9,11-14H2,(H,22,26)/t18-/m0/s1. The molecule has 2 amide bonds. The van der Waals surface area contributed by atoms with Crippen molar-refractivity contribution in [3.05, 3.63) is 59.5 Å². The second kappa shape index (κ2) is 8.58. The lowest BCUT2D eigenvalue weighted by Crippen LogP contribution is -2.37. The van der Waals surface area contributed by atoms with E-state index in [1.807, 2.05) is 30.3 Å². The molecule has 2 aliphatic heterocycles. The van der Waals surface area contributed by atoms with Crippen molar-refractivity contribution < 1.29 is 18.7 Å². The fourth-order valence-electron chi connectivity index (χ4n) is 3.66. The summed E-state index contributed by atoms with van der Waals surface area (Å²) in [6, 6.07) is 11.5. The summed E-state index contributed by atoms with van der Waals surface area (Å²) >= 11 is 0. The molecule has 4 rings (SSSR count). The number of benzene rings is 1. The minimum Gasteiger partial charge on any atom is -0.467 e. The van der Waals surface area contributed by atoms with Gasteiger partial charge in [0, 0.05) is 32.6 Å². The summed E-state index contributed by atoms with van der Waals surface area (Å²) in [4.78, 5) is 28.8. The number of likely N-dealkylation sites (tertiary alicyclic amines) is 1. The third-order valence-electron chi connectivity index (χ3n) is 5.17. The lowest BCUT2D eigenvalue weighted by molar-refractivity contribution is -0.128. The van der Waals surface area contributed by atoms with E-state index in [4.69, 9.17) is 9.15 Å². The monoisotopic (exact) mass is 383 g/mol. The van der Waals surface area contributed by atoms with E-state index in [0.29, 0.717) is 31.6 Å². The number of nitrogens with zero attached hydrogens (tertiary/aromatic N) is 2. The van der Waals surface area contributed by atoms with Crippen molar-refractivity contribution in [3.8, 4) is 0 Å². The van der Waals surface area contributed by atoms with Crippen LogP contribution in [0.2, 0.25) is 0 Å². The molecule has 28 heavy (non-hydrogen) atoms. The average molecular weight is 383 g/mol. The second-order valence-electron chi connectivity index (χ2n) is 7.32. The number of carbonyl (C=O) groups is 2.